The Morgan fingerprint density at radius 2 is 2.00 bits per heavy atom. The van der Waals surface area contributed by atoms with E-state index in [0.29, 0.717) is 18.4 Å². The van der Waals surface area contributed by atoms with E-state index >= 15 is 0 Å². The zero-order chi connectivity index (χ0) is 9.97. The Hall–Kier alpha value is -0.860. The lowest BCUT2D eigenvalue weighted by Crippen LogP contribution is -2.15. The number of aliphatic hydroxyl groups excluding tert-OH is 1. The minimum Gasteiger partial charge on any atom is -0.396 e. The van der Waals surface area contributed by atoms with Gasteiger partial charge in [0.15, 0.2) is 0 Å². The number of likely N-dealkylation sites (N-methyl/N-ethyl adjacent to an activating group) is 1. The molecule has 0 saturated carbocycles. The van der Waals surface area contributed by atoms with Gasteiger partial charge in [-0.05, 0) is 12.6 Å². The van der Waals surface area contributed by atoms with Crippen LogP contribution in [0.1, 0.15) is 11.5 Å². The zero-order valence-corrected chi connectivity index (χ0v) is 8.56. The van der Waals surface area contributed by atoms with Crippen LogP contribution >= 0.6 is 0 Å². The number of hydrogen-bond donors (Lipinski definition) is 1. The second kappa shape index (κ2) is 4.11. The minimum absolute atomic E-state index is 0.296. The molecular weight excluding hydrogens is 174 g/mol. The number of rotatable bonds is 2. The van der Waals surface area contributed by atoms with Crippen molar-refractivity contribution in [3.63, 3.8) is 0 Å². The lowest BCUT2D eigenvalue weighted by Gasteiger charge is -2.15. The predicted octanol–water partition coefficient (Wildman–Crippen LogP) is 1.32. The molecule has 1 aromatic rings. The minimum atomic E-state index is 0.296. The summed E-state index contributed by atoms with van der Waals surface area (Å²) in [5.41, 5.74) is 1.36. The molecule has 1 fully saturated rings. The normalized spacial score (nSPS) is 28.1. The molecule has 2 rings (SSSR count). The smallest absolute Gasteiger partial charge is 0.0477 e. The molecular formula is C12H17NO. The summed E-state index contributed by atoms with van der Waals surface area (Å²) in [7, 11) is 2.12. The summed E-state index contributed by atoms with van der Waals surface area (Å²) in [6.07, 6.45) is 0. The van der Waals surface area contributed by atoms with Gasteiger partial charge in [0.25, 0.3) is 0 Å². The Labute approximate surface area is 85.2 Å². The first-order valence-corrected chi connectivity index (χ1v) is 5.15. The largest absolute Gasteiger partial charge is 0.396 e. The Balaban J connectivity index is 2.18. The van der Waals surface area contributed by atoms with Gasteiger partial charge in [0.1, 0.15) is 0 Å². The van der Waals surface area contributed by atoms with Gasteiger partial charge in [-0.15, -0.1) is 0 Å². The summed E-state index contributed by atoms with van der Waals surface area (Å²) in [5.74, 6) is 0.911. The first-order valence-electron chi connectivity index (χ1n) is 5.15. The topological polar surface area (TPSA) is 23.5 Å². The van der Waals surface area contributed by atoms with Crippen molar-refractivity contribution in [1.82, 2.24) is 4.90 Å². The lowest BCUT2D eigenvalue weighted by molar-refractivity contribution is 0.219. The maximum atomic E-state index is 9.29. The molecule has 0 bridgehead atoms. The van der Waals surface area contributed by atoms with Crippen LogP contribution in [0.25, 0.3) is 0 Å². The van der Waals surface area contributed by atoms with E-state index in [1.807, 2.05) is 6.07 Å². The van der Waals surface area contributed by atoms with Crippen molar-refractivity contribution in [3.8, 4) is 0 Å². The molecule has 0 aromatic heterocycles. The van der Waals surface area contributed by atoms with Gasteiger partial charge in [-0.3, -0.25) is 0 Å². The molecule has 1 heterocycles. The standard InChI is InChI=1S/C12H17NO/c1-13-7-11(9-14)12(8-13)10-5-3-2-4-6-10/h2-6,11-12,14H,7-9H2,1H3/t11-,12-/m0/s1. The molecule has 1 saturated heterocycles. The summed E-state index contributed by atoms with van der Waals surface area (Å²) in [6.45, 7) is 2.37. The number of hydrogen-bond acceptors (Lipinski definition) is 2. The fourth-order valence-corrected chi connectivity index (χ4v) is 2.35. The van der Waals surface area contributed by atoms with Gasteiger partial charge in [0.05, 0.1) is 0 Å². The first kappa shape index (κ1) is 9.69. The van der Waals surface area contributed by atoms with E-state index in [0.717, 1.165) is 13.1 Å². The van der Waals surface area contributed by atoms with Gasteiger partial charge in [0, 0.05) is 31.5 Å². The fourth-order valence-electron chi connectivity index (χ4n) is 2.35. The van der Waals surface area contributed by atoms with E-state index in [9.17, 15) is 5.11 Å². The molecule has 76 valence electrons. The van der Waals surface area contributed by atoms with Crippen LogP contribution in [0.5, 0.6) is 0 Å². The summed E-state index contributed by atoms with van der Waals surface area (Å²) < 4.78 is 0. The van der Waals surface area contributed by atoms with E-state index in [1.165, 1.54) is 5.56 Å². The van der Waals surface area contributed by atoms with Crippen molar-refractivity contribution >= 4 is 0 Å². The average Bonchev–Trinajstić information content (AvgIpc) is 2.61. The number of aliphatic hydroxyl groups is 1. The molecule has 0 spiro atoms. The highest BCUT2D eigenvalue weighted by molar-refractivity contribution is 5.22. The molecule has 1 N–H and O–H groups in total. The van der Waals surface area contributed by atoms with E-state index < -0.39 is 0 Å². The predicted molar refractivity (Wildman–Crippen MR) is 57.3 cm³/mol. The zero-order valence-electron chi connectivity index (χ0n) is 8.56. The number of nitrogens with zero attached hydrogens (tertiary/aromatic N) is 1. The molecule has 2 nitrogen and oxygen atoms in total. The van der Waals surface area contributed by atoms with Gasteiger partial charge >= 0.3 is 0 Å². The van der Waals surface area contributed by atoms with Crippen molar-refractivity contribution in [2.24, 2.45) is 5.92 Å². The average molecular weight is 191 g/mol. The second-order valence-electron chi connectivity index (χ2n) is 4.18. The quantitative estimate of drug-likeness (QED) is 0.762. The summed E-state index contributed by atoms with van der Waals surface area (Å²) in [4.78, 5) is 2.29. The van der Waals surface area contributed by atoms with Crippen molar-refractivity contribution < 1.29 is 5.11 Å². The highest BCUT2D eigenvalue weighted by Gasteiger charge is 2.30. The van der Waals surface area contributed by atoms with E-state index in [2.05, 4.69) is 36.2 Å². The molecule has 0 amide bonds. The van der Waals surface area contributed by atoms with Crippen LogP contribution in [0.15, 0.2) is 30.3 Å². The summed E-state index contributed by atoms with van der Waals surface area (Å²) >= 11 is 0. The molecule has 1 aliphatic heterocycles. The Morgan fingerprint density at radius 1 is 1.29 bits per heavy atom. The van der Waals surface area contributed by atoms with Crippen LogP contribution in [0.2, 0.25) is 0 Å². The number of likely N-dealkylation sites (tertiary alicyclic amines) is 1. The van der Waals surface area contributed by atoms with Crippen molar-refractivity contribution in [3.05, 3.63) is 35.9 Å². The van der Waals surface area contributed by atoms with Crippen LogP contribution in [-0.2, 0) is 0 Å². The van der Waals surface area contributed by atoms with Gasteiger partial charge in [0.2, 0.25) is 0 Å². The van der Waals surface area contributed by atoms with Crippen molar-refractivity contribution in [1.29, 1.82) is 0 Å². The molecule has 0 aliphatic carbocycles. The third-order valence-electron chi connectivity index (χ3n) is 3.09. The van der Waals surface area contributed by atoms with Gasteiger partial charge in [-0.2, -0.15) is 0 Å². The SMILES string of the molecule is CN1C[C@@H](CO)[C@H](c2ccccc2)C1. The third kappa shape index (κ3) is 1.81. The molecule has 2 atom stereocenters. The first-order chi connectivity index (χ1) is 6.81. The number of benzene rings is 1. The molecule has 0 radical (unpaired) electrons. The van der Waals surface area contributed by atoms with Gasteiger partial charge < -0.3 is 10.0 Å². The monoisotopic (exact) mass is 191 g/mol. The Morgan fingerprint density at radius 3 is 2.64 bits per heavy atom. The van der Waals surface area contributed by atoms with Crippen LogP contribution in [-0.4, -0.2) is 36.8 Å². The maximum absolute atomic E-state index is 9.29. The summed E-state index contributed by atoms with van der Waals surface area (Å²) in [5, 5.41) is 9.29. The molecule has 14 heavy (non-hydrogen) atoms. The van der Waals surface area contributed by atoms with E-state index in [4.69, 9.17) is 0 Å². The Kier molecular flexibility index (Phi) is 2.85. The molecule has 1 aromatic carbocycles. The second-order valence-corrected chi connectivity index (χ2v) is 4.18. The van der Waals surface area contributed by atoms with Gasteiger partial charge in [-0.1, -0.05) is 30.3 Å². The molecule has 2 heteroatoms. The highest BCUT2D eigenvalue weighted by atomic mass is 16.3. The van der Waals surface area contributed by atoms with Crippen LogP contribution in [0.4, 0.5) is 0 Å². The molecule has 1 aliphatic rings. The van der Waals surface area contributed by atoms with Gasteiger partial charge in [-0.25, -0.2) is 0 Å². The van der Waals surface area contributed by atoms with Crippen LogP contribution in [0.3, 0.4) is 0 Å². The van der Waals surface area contributed by atoms with E-state index in [1.54, 1.807) is 0 Å². The van der Waals surface area contributed by atoms with E-state index in [-0.39, 0.29) is 0 Å². The lowest BCUT2D eigenvalue weighted by atomic mass is 9.90. The van der Waals surface area contributed by atoms with Crippen LogP contribution in [0, 0.1) is 5.92 Å². The third-order valence-corrected chi connectivity index (χ3v) is 3.09. The van der Waals surface area contributed by atoms with Crippen molar-refractivity contribution in [2.75, 3.05) is 26.7 Å². The van der Waals surface area contributed by atoms with Crippen molar-refractivity contribution in [2.45, 2.75) is 5.92 Å². The Bertz CT molecular complexity index is 286. The maximum Gasteiger partial charge on any atom is 0.0477 e. The highest BCUT2D eigenvalue weighted by Crippen LogP contribution is 2.31. The molecule has 0 unspecified atom stereocenters. The van der Waals surface area contributed by atoms with Crippen LogP contribution < -0.4 is 0 Å². The fraction of sp³-hybridized carbons (Fsp3) is 0.500. The summed E-state index contributed by atoms with van der Waals surface area (Å²) in [6, 6.07) is 10.5.